The molecule has 1 aliphatic rings. The van der Waals surface area contributed by atoms with Crippen LogP contribution >= 0.6 is 0 Å². The Morgan fingerprint density at radius 2 is 2.10 bits per heavy atom. The van der Waals surface area contributed by atoms with E-state index >= 15 is 0 Å². The molecule has 0 amide bonds. The molecule has 0 atom stereocenters. The molecule has 2 aromatic rings. The first kappa shape index (κ1) is 14.0. The molecule has 2 heterocycles. The average molecular weight is 311 g/mol. The molecule has 3 rings (SSSR count). The number of ether oxygens (including phenoxy) is 1. The minimum absolute atomic E-state index is 0.111. The van der Waals surface area contributed by atoms with Crippen molar-refractivity contribution in [2.75, 3.05) is 18.9 Å². The van der Waals surface area contributed by atoms with Crippen molar-refractivity contribution < 1.29 is 17.5 Å². The summed E-state index contributed by atoms with van der Waals surface area (Å²) >= 11 is 0. The Balaban J connectivity index is 2.00. The van der Waals surface area contributed by atoms with Crippen molar-refractivity contribution in [3.63, 3.8) is 0 Å². The smallest absolute Gasteiger partial charge is 0.188 e. The van der Waals surface area contributed by atoms with Gasteiger partial charge in [-0.05, 0) is 12.1 Å². The van der Waals surface area contributed by atoms with Crippen LogP contribution in [0.15, 0.2) is 29.2 Å². The van der Waals surface area contributed by atoms with Gasteiger partial charge >= 0.3 is 0 Å². The standard InChI is InChI=1S/C13H14FN3O3S/c1-17-13(15)5-11(16-17)8-2-3-12(10(14)4-8)21(18,19)9-6-20-7-9/h2-5,9H,6-7,15H2,1H3. The average Bonchev–Trinajstić information content (AvgIpc) is 2.66. The predicted molar refractivity (Wildman–Crippen MR) is 74.8 cm³/mol. The summed E-state index contributed by atoms with van der Waals surface area (Å²) in [5.74, 6) is -0.350. The lowest BCUT2D eigenvalue weighted by Crippen LogP contribution is -2.40. The van der Waals surface area contributed by atoms with Crippen LogP contribution in [0.4, 0.5) is 10.2 Å². The highest BCUT2D eigenvalue weighted by molar-refractivity contribution is 7.92. The third-order valence-corrected chi connectivity index (χ3v) is 5.59. The molecule has 1 aromatic carbocycles. The predicted octanol–water partition coefficient (Wildman–Crippen LogP) is 0.981. The van der Waals surface area contributed by atoms with E-state index in [-0.39, 0.29) is 18.1 Å². The summed E-state index contributed by atoms with van der Waals surface area (Å²) in [5, 5.41) is 3.47. The van der Waals surface area contributed by atoms with Crippen LogP contribution in [-0.2, 0) is 21.6 Å². The van der Waals surface area contributed by atoms with Crippen LogP contribution in [-0.4, -0.2) is 36.7 Å². The summed E-state index contributed by atoms with van der Waals surface area (Å²) in [6.07, 6.45) is 0. The normalized spacial score (nSPS) is 15.9. The van der Waals surface area contributed by atoms with Gasteiger partial charge in [0.1, 0.15) is 21.8 Å². The third kappa shape index (κ3) is 2.30. The molecule has 8 heteroatoms. The number of nitrogens with zero attached hydrogens (tertiary/aromatic N) is 2. The van der Waals surface area contributed by atoms with E-state index < -0.39 is 20.9 Å². The lowest BCUT2D eigenvalue weighted by Gasteiger charge is -2.25. The van der Waals surface area contributed by atoms with Gasteiger partial charge in [-0.3, -0.25) is 4.68 Å². The van der Waals surface area contributed by atoms with Crippen molar-refractivity contribution in [2.45, 2.75) is 10.1 Å². The first-order valence-corrected chi connectivity index (χ1v) is 7.85. The topological polar surface area (TPSA) is 87.2 Å². The Morgan fingerprint density at radius 1 is 1.38 bits per heavy atom. The maximum atomic E-state index is 14.2. The zero-order chi connectivity index (χ0) is 15.2. The van der Waals surface area contributed by atoms with Crippen molar-refractivity contribution in [1.29, 1.82) is 0 Å². The Hall–Kier alpha value is -1.93. The van der Waals surface area contributed by atoms with Crippen LogP contribution in [0.2, 0.25) is 0 Å². The summed E-state index contributed by atoms with van der Waals surface area (Å²) in [7, 11) is -2.01. The van der Waals surface area contributed by atoms with Gasteiger partial charge in [0.15, 0.2) is 9.84 Å². The molecule has 1 aliphatic heterocycles. The van der Waals surface area contributed by atoms with Crippen LogP contribution < -0.4 is 5.73 Å². The van der Waals surface area contributed by atoms with Crippen LogP contribution in [0.1, 0.15) is 0 Å². The quantitative estimate of drug-likeness (QED) is 0.913. The Morgan fingerprint density at radius 3 is 2.57 bits per heavy atom. The molecule has 1 aromatic heterocycles. The molecule has 21 heavy (non-hydrogen) atoms. The van der Waals surface area contributed by atoms with E-state index in [2.05, 4.69) is 5.10 Å². The van der Waals surface area contributed by atoms with E-state index in [1.54, 1.807) is 13.1 Å². The Labute approximate surface area is 121 Å². The minimum atomic E-state index is -3.69. The van der Waals surface area contributed by atoms with E-state index in [1.165, 1.54) is 16.8 Å². The zero-order valence-electron chi connectivity index (χ0n) is 11.3. The first-order chi connectivity index (χ1) is 9.89. The number of benzene rings is 1. The molecule has 0 spiro atoms. The molecule has 0 aliphatic carbocycles. The monoisotopic (exact) mass is 311 g/mol. The Kier molecular flexibility index (Phi) is 3.22. The molecule has 0 radical (unpaired) electrons. The van der Waals surface area contributed by atoms with Gasteiger partial charge in [-0.2, -0.15) is 5.10 Å². The summed E-state index contributed by atoms with van der Waals surface area (Å²) < 4.78 is 44.9. The van der Waals surface area contributed by atoms with E-state index in [0.29, 0.717) is 17.1 Å². The van der Waals surface area contributed by atoms with Crippen molar-refractivity contribution >= 4 is 15.7 Å². The van der Waals surface area contributed by atoms with Crippen LogP contribution in [0.3, 0.4) is 0 Å². The van der Waals surface area contributed by atoms with Crippen molar-refractivity contribution in [1.82, 2.24) is 9.78 Å². The molecular weight excluding hydrogens is 297 g/mol. The summed E-state index contributed by atoms with van der Waals surface area (Å²) in [4.78, 5) is -0.302. The number of hydrogen-bond donors (Lipinski definition) is 1. The SMILES string of the molecule is Cn1nc(-c2ccc(S(=O)(=O)C3COC3)c(F)c2)cc1N. The van der Waals surface area contributed by atoms with E-state index in [4.69, 9.17) is 10.5 Å². The fourth-order valence-corrected chi connectivity index (χ4v) is 3.58. The number of aromatic nitrogens is 2. The highest BCUT2D eigenvalue weighted by Gasteiger charge is 2.35. The summed E-state index contributed by atoms with van der Waals surface area (Å²) in [6, 6.07) is 5.55. The fraction of sp³-hybridized carbons (Fsp3) is 0.308. The van der Waals surface area contributed by atoms with E-state index in [9.17, 15) is 12.8 Å². The maximum absolute atomic E-state index is 14.2. The molecule has 0 saturated carbocycles. The Bertz CT molecular complexity index is 777. The number of hydrogen-bond acceptors (Lipinski definition) is 5. The van der Waals surface area contributed by atoms with Crippen LogP contribution in [0.5, 0.6) is 0 Å². The number of anilines is 1. The number of aryl methyl sites for hydroxylation is 1. The molecule has 112 valence electrons. The van der Waals surface area contributed by atoms with Gasteiger partial charge < -0.3 is 10.5 Å². The third-order valence-electron chi connectivity index (χ3n) is 3.50. The lowest BCUT2D eigenvalue weighted by molar-refractivity contribution is 0.0415. The number of nitrogens with two attached hydrogens (primary N) is 1. The van der Waals surface area contributed by atoms with Crippen molar-refractivity contribution in [3.8, 4) is 11.3 Å². The second-order valence-electron chi connectivity index (χ2n) is 4.93. The second-order valence-corrected chi connectivity index (χ2v) is 7.12. The summed E-state index contributed by atoms with van der Waals surface area (Å²) in [6.45, 7) is 0.223. The van der Waals surface area contributed by atoms with Gasteiger partial charge in [0.05, 0.1) is 18.9 Å². The second kappa shape index (κ2) is 4.81. The van der Waals surface area contributed by atoms with Gasteiger partial charge in [-0.25, -0.2) is 12.8 Å². The fourth-order valence-electron chi connectivity index (χ4n) is 2.09. The lowest BCUT2D eigenvalue weighted by atomic mass is 10.1. The van der Waals surface area contributed by atoms with Gasteiger partial charge in [-0.15, -0.1) is 0 Å². The van der Waals surface area contributed by atoms with Crippen LogP contribution in [0.25, 0.3) is 11.3 Å². The number of sulfone groups is 1. The number of rotatable bonds is 3. The zero-order valence-corrected chi connectivity index (χ0v) is 12.1. The molecule has 0 bridgehead atoms. The maximum Gasteiger partial charge on any atom is 0.188 e. The molecule has 1 fully saturated rings. The van der Waals surface area contributed by atoms with Gasteiger partial charge in [0.2, 0.25) is 0 Å². The molecule has 1 saturated heterocycles. The summed E-state index contributed by atoms with van der Waals surface area (Å²) in [5.41, 5.74) is 6.64. The van der Waals surface area contributed by atoms with Crippen molar-refractivity contribution in [2.24, 2.45) is 7.05 Å². The highest BCUT2D eigenvalue weighted by Crippen LogP contribution is 2.28. The molecule has 6 nitrogen and oxygen atoms in total. The highest BCUT2D eigenvalue weighted by atomic mass is 32.2. The molecule has 0 unspecified atom stereocenters. The largest absolute Gasteiger partial charge is 0.384 e. The minimum Gasteiger partial charge on any atom is -0.384 e. The van der Waals surface area contributed by atoms with Crippen molar-refractivity contribution in [3.05, 3.63) is 30.1 Å². The van der Waals surface area contributed by atoms with E-state index in [0.717, 1.165) is 6.07 Å². The van der Waals surface area contributed by atoms with Gasteiger partial charge in [0, 0.05) is 18.7 Å². The number of halogens is 1. The van der Waals surface area contributed by atoms with Gasteiger partial charge in [0.25, 0.3) is 0 Å². The molecule has 2 N–H and O–H groups in total. The first-order valence-electron chi connectivity index (χ1n) is 6.30. The van der Waals surface area contributed by atoms with Crippen LogP contribution in [0, 0.1) is 5.82 Å². The number of nitrogen functional groups attached to an aromatic ring is 1. The van der Waals surface area contributed by atoms with Gasteiger partial charge in [-0.1, -0.05) is 6.07 Å². The van der Waals surface area contributed by atoms with E-state index in [1.807, 2.05) is 0 Å². The molecular formula is C13H14FN3O3S.